The first kappa shape index (κ1) is 17.7. The summed E-state index contributed by atoms with van der Waals surface area (Å²) in [4.78, 5) is 33.9. The number of amides is 1. The lowest BCUT2D eigenvalue weighted by Gasteiger charge is -2.10. The van der Waals surface area contributed by atoms with Crippen LogP contribution in [0.4, 0.5) is 5.69 Å². The van der Waals surface area contributed by atoms with Crippen LogP contribution in [0.5, 0.6) is 11.5 Å². The van der Waals surface area contributed by atoms with Gasteiger partial charge in [0.1, 0.15) is 5.56 Å². The molecule has 1 amide bonds. The number of ether oxygens (including phenoxy) is 1. The number of nitro groups is 1. The Kier molecular flexibility index (Phi) is 5.18. The molecule has 0 unspecified atom stereocenters. The second-order valence-electron chi connectivity index (χ2n) is 4.92. The number of para-hydroxylation sites is 1. The van der Waals surface area contributed by atoms with Gasteiger partial charge in [0, 0.05) is 18.2 Å². The average Bonchev–Trinajstić information content (AvgIpc) is 2.61. The van der Waals surface area contributed by atoms with E-state index >= 15 is 0 Å². The Morgan fingerprint density at radius 1 is 1.12 bits per heavy atom. The number of nitro benzene ring substituents is 1. The lowest BCUT2D eigenvalue weighted by molar-refractivity contribution is -0.385. The molecule has 0 radical (unpaired) electrons. The van der Waals surface area contributed by atoms with Crippen LogP contribution in [0.1, 0.15) is 26.3 Å². The van der Waals surface area contributed by atoms with Crippen molar-refractivity contribution in [2.45, 2.75) is 6.54 Å². The molecule has 3 N–H and O–H groups in total. The number of carbonyl (C=O) groups is 2. The minimum atomic E-state index is -0.875. The first-order valence-corrected chi connectivity index (χ1v) is 7.00. The van der Waals surface area contributed by atoms with Crippen molar-refractivity contribution in [2.24, 2.45) is 0 Å². The molecular weight excluding hydrogens is 332 g/mol. The van der Waals surface area contributed by atoms with Crippen molar-refractivity contribution in [1.82, 2.24) is 5.32 Å². The predicted molar refractivity (Wildman–Crippen MR) is 85.4 cm³/mol. The standard InChI is InChI=1S/C16H14N2O7/c1-25-16(22)11-7-6-10(13(19)14(11)20)15(21)17-8-9-4-2-3-5-12(9)18(23)24/h2-7,19-20H,8H2,1H3,(H,17,21). The van der Waals surface area contributed by atoms with Crippen molar-refractivity contribution in [1.29, 1.82) is 0 Å². The molecule has 0 aromatic heterocycles. The van der Waals surface area contributed by atoms with Crippen LogP contribution in [0.25, 0.3) is 0 Å². The van der Waals surface area contributed by atoms with E-state index in [1.54, 1.807) is 6.07 Å². The van der Waals surface area contributed by atoms with Gasteiger partial charge in [-0.05, 0) is 12.1 Å². The van der Waals surface area contributed by atoms with E-state index in [1.165, 1.54) is 18.2 Å². The maximum absolute atomic E-state index is 12.2. The number of phenols is 2. The summed E-state index contributed by atoms with van der Waals surface area (Å²) < 4.78 is 4.44. The number of benzene rings is 2. The lowest BCUT2D eigenvalue weighted by Crippen LogP contribution is -2.23. The molecule has 0 saturated carbocycles. The molecule has 0 saturated heterocycles. The lowest BCUT2D eigenvalue weighted by atomic mass is 10.1. The first-order valence-electron chi connectivity index (χ1n) is 7.00. The molecule has 2 aromatic carbocycles. The molecule has 0 fully saturated rings. The number of nitrogens with zero attached hydrogens (tertiary/aromatic N) is 1. The fraction of sp³-hybridized carbons (Fsp3) is 0.125. The number of aromatic hydroxyl groups is 2. The fourth-order valence-corrected chi connectivity index (χ4v) is 2.15. The molecule has 0 spiro atoms. The highest BCUT2D eigenvalue weighted by Crippen LogP contribution is 2.33. The third-order valence-corrected chi connectivity index (χ3v) is 3.43. The summed E-state index contributed by atoms with van der Waals surface area (Å²) in [6, 6.07) is 8.13. The van der Waals surface area contributed by atoms with Crippen LogP contribution in [0, 0.1) is 10.1 Å². The Bertz CT molecular complexity index is 848. The van der Waals surface area contributed by atoms with Gasteiger partial charge in [-0.1, -0.05) is 18.2 Å². The largest absolute Gasteiger partial charge is 0.504 e. The van der Waals surface area contributed by atoms with Crippen LogP contribution in [-0.4, -0.2) is 34.1 Å². The van der Waals surface area contributed by atoms with Crippen LogP contribution in [0.15, 0.2) is 36.4 Å². The highest BCUT2D eigenvalue weighted by Gasteiger charge is 2.22. The third-order valence-electron chi connectivity index (χ3n) is 3.43. The number of hydrogen-bond acceptors (Lipinski definition) is 7. The summed E-state index contributed by atoms with van der Waals surface area (Å²) in [5.74, 6) is -3.23. The molecule has 9 heteroatoms. The van der Waals surface area contributed by atoms with Gasteiger partial charge in [-0.3, -0.25) is 14.9 Å². The Morgan fingerprint density at radius 3 is 2.36 bits per heavy atom. The van der Waals surface area contributed by atoms with Gasteiger partial charge in [-0.25, -0.2) is 4.79 Å². The van der Waals surface area contributed by atoms with E-state index in [0.717, 1.165) is 19.2 Å². The van der Waals surface area contributed by atoms with E-state index in [1.807, 2.05) is 0 Å². The van der Waals surface area contributed by atoms with E-state index in [4.69, 9.17) is 0 Å². The molecule has 0 bridgehead atoms. The molecule has 9 nitrogen and oxygen atoms in total. The SMILES string of the molecule is COC(=O)c1ccc(C(=O)NCc2ccccc2[N+](=O)[O-])c(O)c1O. The maximum Gasteiger partial charge on any atom is 0.341 e. The van der Waals surface area contributed by atoms with Gasteiger partial charge in [0.15, 0.2) is 11.5 Å². The van der Waals surface area contributed by atoms with Crippen LogP contribution in [-0.2, 0) is 11.3 Å². The van der Waals surface area contributed by atoms with Crippen LogP contribution in [0.2, 0.25) is 0 Å². The number of carbonyl (C=O) groups excluding carboxylic acids is 2. The number of rotatable bonds is 5. The van der Waals surface area contributed by atoms with Crippen molar-refractivity contribution in [3.63, 3.8) is 0 Å². The summed E-state index contributed by atoms with van der Waals surface area (Å²) in [6.45, 7) is -0.158. The van der Waals surface area contributed by atoms with E-state index in [2.05, 4.69) is 10.1 Å². The molecule has 0 aliphatic rings. The van der Waals surface area contributed by atoms with E-state index in [-0.39, 0.29) is 28.9 Å². The topological polar surface area (TPSA) is 139 Å². The molecule has 0 heterocycles. The monoisotopic (exact) mass is 346 g/mol. The summed E-state index contributed by atoms with van der Waals surface area (Å²) >= 11 is 0. The van der Waals surface area contributed by atoms with E-state index < -0.39 is 28.3 Å². The molecule has 2 rings (SSSR count). The Labute approximate surface area is 141 Å². The molecule has 0 aliphatic heterocycles. The number of hydrogen-bond donors (Lipinski definition) is 3. The molecule has 130 valence electrons. The molecular formula is C16H14N2O7. The van der Waals surface area contributed by atoms with Crippen LogP contribution >= 0.6 is 0 Å². The minimum Gasteiger partial charge on any atom is -0.504 e. The number of phenolic OH excluding ortho intramolecular Hbond substituents is 2. The summed E-state index contributed by atoms with van der Waals surface area (Å²) in [5.41, 5.74) is -0.467. The van der Waals surface area contributed by atoms with Gasteiger partial charge < -0.3 is 20.3 Å². The molecule has 2 aromatic rings. The van der Waals surface area contributed by atoms with E-state index in [9.17, 15) is 29.9 Å². The average molecular weight is 346 g/mol. The Morgan fingerprint density at radius 2 is 1.72 bits per heavy atom. The minimum absolute atomic E-state index is 0.157. The zero-order chi connectivity index (χ0) is 18.6. The third kappa shape index (κ3) is 3.66. The zero-order valence-electron chi connectivity index (χ0n) is 13.1. The van der Waals surface area contributed by atoms with E-state index in [0.29, 0.717) is 0 Å². The van der Waals surface area contributed by atoms with Crippen molar-refractivity contribution >= 4 is 17.6 Å². The van der Waals surface area contributed by atoms with Gasteiger partial charge >= 0.3 is 5.97 Å². The highest BCUT2D eigenvalue weighted by molar-refractivity contribution is 6.01. The first-order chi connectivity index (χ1) is 11.9. The normalized spacial score (nSPS) is 10.1. The molecule has 25 heavy (non-hydrogen) atoms. The second kappa shape index (κ2) is 7.30. The summed E-state index contributed by atoms with van der Waals surface area (Å²) in [5, 5.41) is 33.1. The predicted octanol–water partition coefficient (Wildman–Crippen LogP) is 1.72. The fourth-order valence-electron chi connectivity index (χ4n) is 2.15. The van der Waals surface area contributed by atoms with Gasteiger partial charge in [0.25, 0.3) is 11.6 Å². The molecule has 0 aliphatic carbocycles. The van der Waals surface area contributed by atoms with Crippen molar-refractivity contribution < 1.29 is 29.5 Å². The van der Waals surface area contributed by atoms with Gasteiger partial charge in [-0.15, -0.1) is 0 Å². The van der Waals surface area contributed by atoms with Crippen LogP contribution < -0.4 is 5.32 Å². The quantitative estimate of drug-likeness (QED) is 0.324. The van der Waals surface area contributed by atoms with Gasteiger partial charge in [0.2, 0.25) is 0 Å². The van der Waals surface area contributed by atoms with Gasteiger partial charge in [-0.2, -0.15) is 0 Å². The summed E-state index contributed by atoms with van der Waals surface area (Å²) in [7, 11) is 1.10. The zero-order valence-corrected chi connectivity index (χ0v) is 13.1. The maximum atomic E-state index is 12.2. The summed E-state index contributed by atoms with van der Waals surface area (Å²) in [6.07, 6.45) is 0. The molecule has 0 atom stereocenters. The van der Waals surface area contributed by atoms with Crippen molar-refractivity contribution in [2.75, 3.05) is 7.11 Å². The number of nitrogens with one attached hydrogen (secondary N) is 1. The number of esters is 1. The van der Waals surface area contributed by atoms with Crippen LogP contribution in [0.3, 0.4) is 0 Å². The number of methoxy groups -OCH3 is 1. The Balaban J connectivity index is 2.21. The van der Waals surface area contributed by atoms with Crippen molar-refractivity contribution in [3.8, 4) is 11.5 Å². The second-order valence-corrected chi connectivity index (χ2v) is 4.92. The van der Waals surface area contributed by atoms with Crippen molar-refractivity contribution in [3.05, 3.63) is 63.2 Å². The highest BCUT2D eigenvalue weighted by atomic mass is 16.6. The Hall–Kier alpha value is -3.62. The smallest absolute Gasteiger partial charge is 0.341 e. The van der Waals surface area contributed by atoms with Gasteiger partial charge in [0.05, 0.1) is 17.6 Å².